The molecule has 0 unspecified atom stereocenters. The largest absolute Gasteiger partial charge is 0.356 e. The van der Waals surface area contributed by atoms with E-state index in [0.29, 0.717) is 11.7 Å². The molecule has 0 aliphatic rings. The van der Waals surface area contributed by atoms with Crippen LogP contribution in [0.2, 0.25) is 0 Å². The lowest BCUT2D eigenvalue weighted by atomic mass is 10.0. The molecule has 7 heteroatoms. The van der Waals surface area contributed by atoms with Crippen LogP contribution in [0.1, 0.15) is 64.1 Å². The fourth-order valence-corrected chi connectivity index (χ4v) is 2.35. The number of hydrogen-bond donors (Lipinski definition) is 2. The quantitative estimate of drug-likeness (QED) is 0.232. The van der Waals surface area contributed by atoms with Gasteiger partial charge in [-0.15, -0.1) is 24.0 Å². The van der Waals surface area contributed by atoms with E-state index in [-0.39, 0.29) is 24.0 Å². The van der Waals surface area contributed by atoms with E-state index in [1.807, 2.05) is 6.92 Å². The minimum Gasteiger partial charge on any atom is -0.356 e. The summed E-state index contributed by atoms with van der Waals surface area (Å²) in [7, 11) is 1.80. The molecule has 0 aliphatic carbocycles. The van der Waals surface area contributed by atoms with Gasteiger partial charge in [-0.3, -0.25) is 4.99 Å². The van der Waals surface area contributed by atoms with Crippen molar-refractivity contribution in [3.05, 3.63) is 11.7 Å². The van der Waals surface area contributed by atoms with Gasteiger partial charge in [-0.25, -0.2) is 0 Å². The van der Waals surface area contributed by atoms with Gasteiger partial charge in [-0.2, -0.15) is 4.98 Å². The summed E-state index contributed by atoms with van der Waals surface area (Å²) in [6.45, 7) is 8.23. The third kappa shape index (κ3) is 11.6. The van der Waals surface area contributed by atoms with Crippen molar-refractivity contribution in [2.24, 2.45) is 10.9 Å². The maximum absolute atomic E-state index is 5.09. The first-order valence-electron chi connectivity index (χ1n) is 8.85. The summed E-state index contributed by atoms with van der Waals surface area (Å²) in [4.78, 5) is 8.43. The third-order valence-electron chi connectivity index (χ3n) is 3.65. The Hall–Kier alpha value is -0.860. The standard InChI is InChI=1S/C17H33N5O.HI/c1-14(2)10-7-5-6-8-12-19-17(18-4)20-13-9-11-16-21-15(3)22-23-16;/h14H,5-13H2,1-4H3,(H2,18,19,20);1H. The second kappa shape index (κ2) is 14.5. The molecule has 1 aromatic heterocycles. The predicted molar refractivity (Wildman–Crippen MR) is 110 cm³/mol. The second-order valence-corrected chi connectivity index (χ2v) is 6.36. The number of nitrogens with one attached hydrogen (secondary N) is 2. The Bertz CT molecular complexity index is 448. The molecular weight excluding hydrogens is 417 g/mol. The van der Waals surface area contributed by atoms with Crippen molar-refractivity contribution in [1.29, 1.82) is 0 Å². The average Bonchev–Trinajstić information content (AvgIpc) is 2.93. The number of hydrogen-bond acceptors (Lipinski definition) is 4. The Kier molecular flexibility index (Phi) is 14.0. The Morgan fingerprint density at radius 1 is 1.08 bits per heavy atom. The molecule has 24 heavy (non-hydrogen) atoms. The van der Waals surface area contributed by atoms with Gasteiger partial charge >= 0.3 is 0 Å². The first-order chi connectivity index (χ1) is 11.1. The monoisotopic (exact) mass is 451 g/mol. The molecule has 1 aromatic rings. The average molecular weight is 451 g/mol. The van der Waals surface area contributed by atoms with E-state index in [1.54, 1.807) is 7.05 Å². The van der Waals surface area contributed by atoms with Crippen molar-refractivity contribution in [2.45, 2.75) is 65.7 Å². The summed E-state index contributed by atoms with van der Waals surface area (Å²) in [5.74, 6) is 3.09. The van der Waals surface area contributed by atoms with Crippen molar-refractivity contribution < 1.29 is 4.52 Å². The van der Waals surface area contributed by atoms with Gasteiger partial charge in [0, 0.05) is 26.6 Å². The molecule has 0 atom stereocenters. The lowest BCUT2D eigenvalue weighted by Crippen LogP contribution is -2.38. The molecule has 0 aromatic carbocycles. The summed E-state index contributed by atoms with van der Waals surface area (Å²) in [5, 5.41) is 10.5. The summed E-state index contributed by atoms with van der Waals surface area (Å²) in [5.41, 5.74) is 0. The van der Waals surface area contributed by atoms with Gasteiger partial charge in [0.1, 0.15) is 0 Å². The van der Waals surface area contributed by atoms with Crippen LogP contribution in [-0.2, 0) is 6.42 Å². The number of aryl methyl sites for hydroxylation is 2. The van der Waals surface area contributed by atoms with Gasteiger partial charge in [0.2, 0.25) is 5.89 Å². The molecule has 0 aliphatic heterocycles. The number of aliphatic imine (C=N–C) groups is 1. The molecule has 2 N–H and O–H groups in total. The van der Waals surface area contributed by atoms with Crippen LogP contribution in [0.25, 0.3) is 0 Å². The fourth-order valence-electron chi connectivity index (χ4n) is 2.35. The van der Waals surface area contributed by atoms with Crippen molar-refractivity contribution in [3.63, 3.8) is 0 Å². The van der Waals surface area contributed by atoms with E-state index in [4.69, 9.17) is 4.52 Å². The Morgan fingerprint density at radius 2 is 1.75 bits per heavy atom. The fraction of sp³-hybridized carbons (Fsp3) is 0.824. The molecule has 6 nitrogen and oxygen atoms in total. The van der Waals surface area contributed by atoms with Gasteiger partial charge in [-0.1, -0.05) is 44.7 Å². The highest BCUT2D eigenvalue weighted by Crippen LogP contribution is 2.08. The molecule has 0 fully saturated rings. The summed E-state index contributed by atoms with van der Waals surface area (Å²) in [6.07, 6.45) is 8.23. The van der Waals surface area contributed by atoms with E-state index < -0.39 is 0 Å². The molecule has 0 amide bonds. The van der Waals surface area contributed by atoms with Crippen molar-refractivity contribution in [3.8, 4) is 0 Å². The lowest BCUT2D eigenvalue weighted by molar-refractivity contribution is 0.372. The molecular formula is C17H34IN5O. The van der Waals surface area contributed by atoms with Crippen LogP contribution in [0, 0.1) is 12.8 Å². The molecule has 0 saturated carbocycles. The van der Waals surface area contributed by atoms with Crippen LogP contribution in [0.5, 0.6) is 0 Å². The third-order valence-corrected chi connectivity index (χ3v) is 3.65. The Labute approximate surface area is 163 Å². The van der Waals surface area contributed by atoms with E-state index in [2.05, 4.69) is 39.6 Å². The number of rotatable bonds is 11. The normalized spacial score (nSPS) is 11.5. The second-order valence-electron chi connectivity index (χ2n) is 6.36. The minimum absolute atomic E-state index is 0. The van der Waals surface area contributed by atoms with Crippen LogP contribution < -0.4 is 10.6 Å². The van der Waals surface area contributed by atoms with Crippen molar-refractivity contribution >= 4 is 29.9 Å². The van der Waals surface area contributed by atoms with Gasteiger partial charge in [0.25, 0.3) is 0 Å². The van der Waals surface area contributed by atoms with E-state index in [9.17, 15) is 0 Å². The van der Waals surface area contributed by atoms with Crippen molar-refractivity contribution in [2.75, 3.05) is 20.1 Å². The molecule has 0 spiro atoms. The Balaban J connectivity index is 0.00000529. The number of nitrogens with zero attached hydrogens (tertiary/aromatic N) is 3. The van der Waals surface area contributed by atoms with Crippen LogP contribution >= 0.6 is 24.0 Å². The topological polar surface area (TPSA) is 75.3 Å². The predicted octanol–water partition coefficient (Wildman–Crippen LogP) is 3.70. The highest BCUT2D eigenvalue weighted by atomic mass is 127. The van der Waals surface area contributed by atoms with Crippen LogP contribution in [0.4, 0.5) is 0 Å². The highest BCUT2D eigenvalue weighted by molar-refractivity contribution is 14.0. The summed E-state index contributed by atoms with van der Waals surface area (Å²) < 4.78 is 5.09. The zero-order chi connectivity index (χ0) is 16.9. The number of unbranched alkanes of at least 4 members (excludes halogenated alkanes) is 3. The van der Waals surface area contributed by atoms with Crippen LogP contribution in [0.15, 0.2) is 9.52 Å². The summed E-state index contributed by atoms with van der Waals surface area (Å²) >= 11 is 0. The van der Waals surface area contributed by atoms with Gasteiger partial charge in [-0.05, 0) is 25.7 Å². The number of halogens is 1. The van der Waals surface area contributed by atoms with Crippen LogP contribution in [-0.4, -0.2) is 36.2 Å². The van der Waals surface area contributed by atoms with E-state index >= 15 is 0 Å². The van der Waals surface area contributed by atoms with E-state index in [0.717, 1.165) is 37.8 Å². The minimum atomic E-state index is 0. The van der Waals surface area contributed by atoms with Gasteiger partial charge in [0.15, 0.2) is 11.8 Å². The maximum Gasteiger partial charge on any atom is 0.226 e. The molecule has 1 heterocycles. The molecule has 140 valence electrons. The first-order valence-corrected chi connectivity index (χ1v) is 8.85. The zero-order valence-corrected chi connectivity index (χ0v) is 17.9. The molecule has 0 saturated heterocycles. The number of guanidine groups is 1. The zero-order valence-electron chi connectivity index (χ0n) is 15.6. The van der Waals surface area contributed by atoms with Gasteiger partial charge in [0.05, 0.1) is 0 Å². The Morgan fingerprint density at radius 3 is 2.33 bits per heavy atom. The maximum atomic E-state index is 5.09. The summed E-state index contributed by atoms with van der Waals surface area (Å²) in [6, 6.07) is 0. The lowest BCUT2D eigenvalue weighted by Gasteiger charge is -2.11. The smallest absolute Gasteiger partial charge is 0.226 e. The van der Waals surface area contributed by atoms with E-state index in [1.165, 1.54) is 32.1 Å². The van der Waals surface area contributed by atoms with Crippen molar-refractivity contribution in [1.82, 2.24) is 20.8 Å². The molecule has 1 rings (SSSR count). The molecule has 0 radical (unpaired) electrons. The first kappa shape index (κ1) is 23.1. The number of aromatic nitrogens is 2. The SMILES string of the molecule is CN=C(NCCCCCCC(C)C)NCCCc1nc(C)no1.I. The van der Waals surface area contributed by atoms with Crippen LogP contribution in [0.3, 0.4) is 0 Å². The molecule has 0 bridgehead atoms. The van der Waals surface area contributed by atoms with Gasteiger partial charge < -0.3 is 15.2 Å². The highest BCUT2D eigenvalue weighted by Gasteiger charge is 2.02.